The summed E-state index contributed by atoms with van der Waals surface area (Å²) in [4.78, 5) is 0. The van der Waals surface area contributed by atoms with Crippen LogP contribution in [-0.2, 0) is 0 Å². The summed E-state index contributed by atoms with van der Waals surface area (Å²) in [7, 11) is 0. The summed E-state index contributed by atoms with van der Waals surface area (Å²) in [6.45, 7) is 12.2. The average molecular weight is 449 g/mol. The third kappa shape index (κ3) is 5.74. The smallest absolute Gasteiger partial charge is 0.0925 e. The number of hydrogen-bond donors (Lipinski definition) is 3. The largest absolute Gasteiger partial charge is 0.393 e. The molecule has 3 aliphatic rings. The van der Waals surface area contributed by atoms with Gasteiger partial charge in [-0.2, -0.15) is 0 Å². The van der Waals surface area contributed by atoms with E-state index in [4.69, 9.17) is 0 Å². The van der Waals surface area contributed by atoms with Crippen LogP contribution in [0.3, 0.4) is 0 Å². The fraction of sp³-hybridized carbons (Fsp3) is 0.786. The summed E-state index contributed by atoms with van der Waals surface area (Å²) in [5.74, 6) is 1.67. The molecule has 3 N–H and O–H groups in total. The third-order valence-electron chi connectivity index (χ3n) is 8.73. The van der Waals surface area contributed by atoms with Gasteiger partial charge in [0.15, 0.2) is 0 Å². The average Bonchev–Trinajstić information content (AvgIpc) is 3.05. The molecule has 0 heterocycles. The molecule has 7 atom stereocenters. The highest BCUT2D eigenvalue weighted by molar-refractivity contribution is 5.38. The Balaban J connectivity index is 1.78. The molecule has 0 radical (unpaired) electrons. The third-order valence-corrected chi connectivity index (χ3v) is 8.73. The lowest BCUT2D eigenvalue weighted by atomic mass is 9.58. The first-order chi connectivity index (χ1) is 14.9. The van der Waals surface area contributed by atoms with Crippen LogP contribution in [0, 0.1) is 29.1 Å². The van der Waals surface area contributed by atoms with E-state index in [-0.39, 0.29) is 18.0 Å². The van der Waals surface area contributed by atoms with Gasteiger partial charge < -0.3 is 15.3 Å². The molecule has 0 amide bonds. The maximum atomic E-state index is 14.0. The van der Waals surface area contributed by atoms with Crippen LogP contribution in [0.25, 0.3) is 0 Å². The van der Waals surface area contributed by atoms with E-state index in [9.17, 15) is 19.7 Å². The topological polar surface area (TPSA) is 60.7 Å². The quantitative estimate of drug-likeness (QED) is 0.454. The van der Waals surface area contributed by atoms with Gasteiger partial charge in [0, 0.05) is 6.42 Å². The van der Waals surface area contributed by atoms with Crippen LogP contribution in [0.4, 0.5) is 4.39 Å². The fourth-order valence-corrected chi connectivity index (χ4v) is 7.09. The van der Waals surface area contributed by atoms with Crippen molar-refractivity contribution in [3.05, 3.63) is 35.5 Å². The Kier molecular flexibility index (Phi) is 8.10. The van der Waals surface area contributed by atoms with E-state index in [2.05, 4.69) is 26.5 Å². The maximum Gasteiger partial charge on any atom is 0.0925 e. The van der Waals surface area contributed by atoms with Crippen LogP contribution in [0.1, 0.15) is 85.5 Å². The van der Waals surface area contributed by atoms with Gasteiger partial charge in [-0.05, 0) is 92.6 Å². The zero-order chi connectivity index (χ0) is 23.7. The molecular formula is C28H45FO3. The van der Waals surface area contributed by atoms with E-state index in [0.717, 1.165) is 44.1 Å². The summed E-state index contributed by atoms with van der Waals surface area (Å²) < 4.78 is 14.0. The first kappa shape index (κ1) is 25.6. The van der Waals surface area contributed by atoms with Crippen LogP contribution in [0.5, 0.6) is 0 Å². The monoisotopic (exact) mass is 448 g/mol. The van der Waals surface area contributed by atoms with Crippen molar-refractivity contribution in [2.45, 2.75) is 103 Å². The van der Waals surface area contributed by atoms with Crippen molar-refractivity contribution < 1.29 is 19.7 Å². The Labute approximate surface area is 194 Å². The van der Waals surface area contributed by atoms with E-state index in [1.807, 2.05) is 19.9 Å². The molecule has 0 aromatic carbocycles. The summed E-state index contributed by atoms with van der Waals surface area (Å²) in [6.07, 6.45) is 10.9. The van der Waals surface area contributed by atoms with Crippen molar-refractivity contribution in [1.82, 2.24) is 0 Å². The van der Waals surface area contributed by atoms with Crippen LogP contribution < -0.4 is 0 Å². The van der Waals surface area contributed by atoms with Crippen molar-refractivity contribution in [1.29, 1.82) is 0 Å². The molecular weight excluding hydrogens is 403 g/mol. The number of fused-ring (bicyclic) bond motifs is 1. The Morgan fingerprint density at radius 1 is 1.22 bits per heavy atom. The highest BCUT2D eigenvalue weighted by atomic mass is 19.1. The Hall–Kier alpha value is -0.970. The van der Waals surface area contributed by atoms with Gasteiger partial charge in [0.05, 0.1) is 24.5 Å². The lowest BCUT2D eigenvalue weighted by Crippen LogP contribution is -2.39. The van der Waals surface area contributed by atoms with E-state index >= 15 is 0 Å². The fourth-order valence-electron chi connectivity index (χ4n) is 7.09. The standard InChI is InChI=1S/C28H45FO3/c1-18(7-6-12-27(3,4)32)24-10-11-25-22(13-20(17-29)16-28(24,25)5)9-8-21-14-23(30)15-26(31)19(21)2/h8-9,18,20,23-26,30-32H,2,6-7,10-17H2,1,3-5H3/b21-8-,22-9+/t18-,20+,23-,24-,25+,26+,28-/m1/s1. The molecule has 0 aromatic rings. The number of rotatable bonds is 7. The molecule has 0 bridgehead atoms. The van der Waals surface area contributed by atoms with Gasteiger partial charge >= 0.3 is 0 Å². The summed E-state index contributed by atoms with van der Waals surface area (Å²) in [6, 6.07) is 0. The number of hydrogen-bond acceptors (Lipinski definition) is 3. The van der Waals surface area contributed by atoms with Gasteiger partial charge in [-0.1, -0.05) is 51.0 Å². The van der Waals surface area contributed by atoms with E-state index < -0.39 is 17.8 Å². The normalized spacial score (nSPS) is 39.5. The van der Waals surface area contributed by atoms with Crippen molar-refractivity contribution in [2.75, 3.05) is 6.67 Å². The van der Waals surface area contributed by atoms with Gasteiger partial charge in [-0.25, -0.2) is 0 Å². The van der Waals surface area contributed by atoms with Gasteiger partial charge in [0.25, 0.3) is 0 Å². The second-order valence-electron chi connectivity index (χ2n) is 11.9. The van der Waals surface area contributed by atoms with Crippen molar-refractivity contribution in [3.8, 4) is 0 Å². The van der Waals surface area contributed by atoms with Crippen molar-refractivity contribution in [3.63, 3.8) is 0 Å². The molecule has 3 nitrogen and oxygen atoms in total. The second-order valence-corrected chi connectivity index (χ2v) is 11.9. The highest BCUT2D eigenvalue weighted by Gasteiger charge is 2.52. The molecule has 0 aromatic heterocycles. The molecule has 0 unspecified atom stereocenters. The number of alkyl halides is 1. The zero-order valence-electron chi connectivity index (χ0n) is 20.6. The lowest BCUT2D eigenvalue weighted by Gasteiger charge is -2.47. The zero-order valence-corrected chi connectivity index (χ0v) is 20.6. The van der Waals surface area contributed by atoms with Gasteiger partial charge in [-0.3, -0.25) is 4.39 Å². The van der Waals surface area contributed by atoms with Crippen LogP contribution in [0.15, 0.2) is 35.5 Å². The molecule has 32 heavy (non-hydrogen) atoms. The predicted octanol–water partition coefficient (Wildman–Crippen LogP) is 5.90. The minimum atomic E-state index is -0.681. The number of allylic oxidation sites excluding steroid dienone is 3. The highest BCUT2D eigenvalue weighted by Crippen LogP contribution is 2.61. The van der Waals surface area contributed by atoms with Gasteiger partial charge in [0.2, 0.25) is 0 Å². The minimum absolute atomic E-state index is 0.0656. The Bertz CT molecular complexity index is 733. The lowest BCUT2D eigenvalue weighted by molar-refractivity contribution is 0.0486. The van der Waals surface area contributed by atoms with Crippen LogP contribution in [0.2, 0.25) is 0 Å². The van der Waals surface area contributed by atoms with Gasteiger partial charge in [-0.15, -0.1) is 0 Å². The number of aliphatic hydroxyl groups excluding tert-OH is 2. The Morgan fingerprint density at radius 2 is 1.94 bits per heavy atom. The van der Waals surface area contributed by atoms with E-state index in [1.54, 1.807) is 0 Å². The van der Waals surface area contributed by atoms with Gasteiger partial charge in [0.1, 0.15) is 0 Å². The van der Waals surface area contributed by atoms with Crippen molar-refractivity contribution >= 4 is 0 Å². The molecule has 4 heteroatoms. The van der Waals surface area contributed by atoms with Crippen LogP contribution in [-0.4, -0.2) is 39.8 Å². The summed E-state index contributed by atoms with van der Waals surface area (Å²) in [5, 5.41) is 30.3. The molecule has 0 saturated heterocycles. The van der Waals surface area contributed by atoms with Crippen LogP contribution >= 0.6 is 0 Å². The molecule has 3 fully saturated rings. The van der Waals surface area contributed by atoms with E-state index in [1.165, 1.54) is 12.0 Å². The predicted molar refractivity (Wildman–Crippen MR) is 129 cm³/mol. The number of aliphatic hydroxyl groups is 3. The second kappa shape index (κ2) is 10.1. The molecule has 3 rings (SSSR count). The summed E-state index contributed by atoms with van der Waals surface area (Å²) >= 11 is 0. The minimum Gasteiger partial charge on any atom is -0.393 e. The molecule has 0 spiro atoms. The van der Waals surface area contributed by atoms with Crippen molar-refractivity contribution in [2.24, 2.45) is 29.1 Å². The molecule has 3 aliphatic carbocycles. The maximum absolute atomic E-state index is 14.0. The SMILES string of the molecule is C=C1/C(=C\C=C2/C[C@H](CF)C[C@]3(C)[C@@H]([C@H](C)CCCC(C)(C)O)CC[C@@H]23)C[C@@H](O)C[C@@H]1O. The number of halogens is 1. The summed E-state index contributed by atoms with van der Waals surface area (Å²) in [5.41, 5.74) is 2.46. The Morgan fingerprint density at radius 3 is 2.59 bits per heavy atom. The van der Waals surface area contributed by atoms with E-state index in [0.29, 0.717) is 36.2 Å². The molecule has 0 aliphatic heterocycles. The molecule has 182 valence electrons. The molecule has 3 saturated carbocycles. The first-order valence-electron chi connectivity index (χ1n) is 12.7. The first-order valence-corrected chi connectivity index (χ1v) is 12.7.